The normalized spacial score (nSPS) is 11.5. The Balaban J connectivity index is 2.06. The first kappa shape index (κ1) is 19.0. The number of carbonyl (C=O) groups excluding carboxylic acids is 2. The van der Waals surface area contributed by atoms with Crippen molar-refractivity contribution in [2.45, 2.75) is 26.9 Å². The van der Waals surface area contributed by atoms with Gasteiger partial charge < -0.3 is 10.1 Å². The van der Waals surface area contributed by atoms with Crippen LogP contribution in [0.15, 0.2) is 36.4 Å². The number of carbonyl (C=O) groups is 2. The number of hydrogen-bond donors (Lipinski definition) is 1. The molecule has 0 saturated heterocycles. The molecular formula is C18H17FN2O5. The number of rotatable bonds is 5. The standard InChI is InChI=1S/C18H17FN2O5/c1-10-6-11(2)8-13(7-10)18(23)26-12(3)17(22)20-14-4-5-15(19)16(9-14)21(24)25/h4-9,12H,1-3H3,(H,20,22). The van der Waals surface area contributed by atoms with Gasteiger partial charge in [-0.1, -0.05) is 17.2 Å². The highest BCUT2D eigenvalue weighted by atomic mass is 19.1. The van der Waals surface area contributed by atoms with E-state index in [4.69, 9.17) is 4.74 Å². The number of anilines is 1. The number of halogens is 1. The van der Waals surface area contributed by atoms with E-state index in [9.17, 15) is 24.1 Å². The van der Waals surface area contributed by atoms with E-state index in [1.54, 1.807) is 12.1 Å². The van der Waals surface area contributed by atoms with Crippen molar-refractivity contribution < 1.29 is 23.6 Å². The summed E-state index contributed by atoms with van der Waals surface area (Å²) in [6, 6.07) is 8.13. The number of amides is 1. The summed E-state index contributed by atoms with van der Waals surface area (Å²) in [7, 11) is 0. The van der Waals surface area contributed by atoms with Gasteiger partial charge in [0.1, 0.15) is 0 Å². The van der Waals surface area contributed by atoms with Gasteiger partial charge in [0.25, 0.3) is 5.91 Å². The van der Waals surface area contributed by atoms with Crippen molar-refractivity contribution in [1.82, 2.24) is 0 Å². The van der Waals surface area contributed by atoms with Crippen molar-refractivity contribution in [2.75, 3.05) is 5.32 Å². The molecule has 1 N–H and O–H groups in total. The van der Waals surface area contributed by atoms with E-state index in [2.05, 4.69) is 5.32 Å². The van der Waals surface area contributed by atoms with Gasteiger partial charge in [-0.2, -0.15) is 4.39 Å². The third kappa shape index (κ3) is 4.62. The molecule has 2 rings (SSSR count). The van der Waals surface area contributed by atoms with Crippen LogP contribution in [-0.2, 0) is 9.53 Å². The lowest BCUT2D eigenvalue weighted by atomic mass is 10.1. The zero-order valence-corrected chi connectivity index (χ0v) is 14.4. The number of nitrogens with zero attached hydrogens (tertiary/aromatic N) is 1. The first-order valence-electron chi connectivity index (χ1n) is 7.71. The van der Waals surface area contributed by atoms with Crippen LogP contribution in [0.4, 0.5) is 15.8 Å². The lowest BCUT2D eigenvalue weighted by molar-refractivity contribution is -0.387. The highest BCUT2D eigenvalue weighted by Gasteiger charge is 2.21. The molecule has 0 aliphatic rings. The van der Waals surface area contributed by atoms with Crippen LogP contribution in [-0.4, -0.2) is 22.9 Å². The zero-order valence-electron chi connectivity index (χ0n) is 14.4. The number of nitrogens with one attached hydrogen (secondary N) is 1. The lowest BCUT2D eigenvalue weighted by Gasteiger charge is -2.14. The Bertz CT molecular complexity index is 862. The summed E-state index contributed by atoms with van der Waals surface area (Å²) < 4.78 is 18.4. The molecule has 0 spiro atoms. The van der Waals surface area contributed by atoms with E-state index >= 15 is 0 Å². The predicted molar refractivity (Wildman–Crippen MR) is 92.5 cm³/mol. The van der Waals surface area contributed by atoms with Crippen molar-refractivity contribution in [3.63, 3.8) is 0 Å². The molecule has 0 fully saturated rings. The highest BCUT2D eigenvalue weighted by Crippen LogP contribution is 2.22. The van der Waals surface area contributed by atoms with Crippen LogP contribution in [0.25, 0.3) is 0 Å². The Morgan fingerprint density at radius 1 is 1.15 bits per heavy atom. The van der Waals surface area contributed by atoms with Crippen LogP contribution < -0.4 is 5.32 Å². The molecule has 0 aliphatic carbocycles. The number of esters is 1. The molecule has 0 aromatic heterocycles. The van der Waals surface area contributed by atoms with Gasteiger partial charge in [0.15, 0.2) is 6.10 Å². The van der Waals surface area contributed by atoms with Gasteiger partial charge in [-0.25, -0.2) is 4.79 Å². The van der Waals surface area contributed by atoms with E-state index < -0.39 is 34.4 Å². The number of nitro benzene ring substituents is 1. The number of nitro groups is 1. The molecule has 2 aromatic rings. The van der Waals surface area contributed by atoms with Gasteiger partial charge >= 0.3 is 11.7 Å². The van der Waals surface area contributed by atoms with Gasteiger partial charge in [0.2, 0.25) is 5.82 Å². The van der Waals surface area contributed by atoms with E-state index in [1.807, 2.05) is 19.9 Å². The summed E-state index contributed by atoms with van der Waals surface area (Å²) in [4.78, 5) is 34.1. The molecule has 0 bridgehead atoms. The van der Waals surface area contributed by atoms with Gasteiger partial charge in [0, 0.05) is 11.8 Å². The third-order valence-electron chi connectivity index (χ3n) is 3.52. The summed E-state index contributed by atoms with van der Waals surface area (Å²) in [5.41, 5.74) is 1.35. The highest BCUT2D eigenvalue weighted by molar-refractivity contribution is 5.97. The van der Waals surface area contributed by atoms with Crippen LogP contribution in [0, 0.1) is 29.8 Å². The minimum atomic E-state index is -1.15. The second-order valence-corrected chi connectivity index (χ2v) is 5.84. The molecule has 0 radical (unpaired) electrons. The Labute approximate surface area is 148 Å². The summed E-state index contributed by atoms with van der Waals surface area (Å²) in [6.07, 6.45) is -1.15. The maximum atomic E-state index is 13.3. The van der Waals surface area contributed by atoms with Gasteiger partial charge in [0.05, 0.1) is 10.5 Å². The molecule has 136 valence electrons. The zero-order chi connectivity index (χ0) is 19.4. The second-order valence-electron chi connectivity index (χ2n) is 5.84. The Kier molecular flexibility index (Phi) is 5.66. The van der Waals surface area contributed by atoms with Crippen molar-refractivity contribution in [3.05, 3.63) is 69.0 Å². The molecule has 1 unspecified atom stereocenters. The SMILES string of the molecule is Cc1cc(C)cc(C(=O)OC(C)C(=O)Nc2ccc(F)c([N+](=O)[O-])c2)c1. The minimum Gasteiger partial charge on any atom is -0.449 e. The maximum absolute atomic E-state index is 13.3. The fourth-order valence-electron chi connectivity index (χ4n) is 2.35. The van der Waals surface area contributed by atoms with E-state index in [0.717, 1.165) is 23.3 Å². The van der Waals surface area contributed by atoms with Gasteiger partial charge in [-0.15, -0.1) is 0 Å². The summed E-state index contributed by atoms with van der Waals surface area (Å²) in [6.45, 7) is 5.04. The molecule has 0 heterocycles. The van der Waals surface area contributed by atoms with Crippen LogP contribution in [0.2, 0.25) is 0 Å². The minimum absolute atomic E-state index is 0.0254. The van der Waals surface area contributed by atoms with Crippen LogP contribution in [0.1, 0.15) is 28.4 Å². The lowest BCUT2D eigenvalue weighted by Crippen LogP contribution is -2.30. The molecular weight excluding hydrogens is 343 g/mol. The van der Waals surface area contributed by atoms with Crippen LogP contribution >= 0.6 is 0 Å². The number of ether oxygens (including phenoxy) is 1. The Hall–Kier alpha value is -3.29. The largest absolute Gasteiger partial charge is 0.449 e. The van der Waals surface area contributed by atoms with Crippen molar-refractivity contribution in [3.8, 4) is 0 Å². The van der Waals surface area contributed by atoms with Crippen LogP contribution in [0.3, 0.4) is 0 Å². The van der Waals surface area contributed by atoms with Crippen LogP contribution in [0.5, 0.6) is 0 Å². The fraction of sp³-hybridized carbons (Fsp3) is 0.222. The number of hydrogen-bond acceptors (Lipinski definition) is 5. The summed E-state index contributed by atoms with van der Waals surface area (Å²) in [5, 5.41) is 13.1. The number of benzene rings is 2. The average molecular weight is 360 g/mol. The molecule has 2 aromatic carbocycles. The van der Waals surface area contributed by atoms with Crippen molar-refractivity contribution >= 4 is 23.3 Å². The molecule has 7 nitrogen and oxygen atoms in total. The fourth-order valence-corrected chi connectivity index (χ4v) is 2.35. The van der Waals surface area contributed by atoms with Gasteiger partial charge in [-0.05, 0) is 45.0 Å². The first-order valence-corrected chi connectivity index (χ1v) is 7.71. The summed E-state index contributed by atoms with van der Waals surface area (Å²) >= 11 is 0. The Morgan fingerprint density at radius 2 is 1.77 bits per heavy atom. The predicted octanol–water partition coefficient (Wildman–Crippen LogP) is 3.53. The third-order valence-corrected chi connectivity index (χ3v) is 3.52. The van der Waals surface area contributed by atoms with E-state index in [0.29, 0.717) is 5.56 Å². The molecule has 1 atom stereocenters. The quantitative estimate of drug-likeness (QED) is 0.500. The first-order chi connectivity index (χ1) is 12.2. The second kappa shape index (κ2) is 7.73. The smallest absolute Gasteiger partial charge is 0.338 e. The molecule has 1 amide bonds. The Morgan fingerprint density at radius 3 is 2.35 bits per heavy atom. The van der Waals surface area contributed by atoms with Crippen molar-refractivity contribution in [1.29, 1.82) is 0 Å². The summed E-state index contributed by atoms with van der Waals surface area (Å²) in [5.74, 6) is -2.37. The van der Waals surface area contributed by atoms with E-state index in [-0.39, 0.29) is 5.69 Å². The number of aryl methyl sites for hydroxylation is 2. The van der Waals surface area contributed by atoms with E-state index in [1.165, 1.54) is 13.0 Å². The van der Waals surface area contributed by atoms with Gasteiger partial charge in [-0.3, -0.25) is 14.9 Å². The molecule has 26 heavy (non-hydrogen) atoms. The monoisotopic (exact) mass is 360 g/mol. The molecule has 0 aliphatic heterocycles. The maximum Gasteiger partial charge on any atom is 0.338 e. The average Bonchev–Trinajstić information content (AvgIpc) is 2.55. The molecule has 8 heteroatoms. The molecule has 0 saturated carbocycles. The topological polar surface area (TPSA) is 98.5 Å². The van der Waals surface area contributed by atoms with Crippen molar-refractivity contribution in [2.24, 2.45) is 0 Å².